The second-order valence-electron chi connectivity index (χ2n) is 7.05. The lowest BCUT2D eigenvalue weighted by molar-refractivity contribution is -0.148. The number of aromatic nitrogens is 2. The van der Waals surface area contributed by atoms with Crippen molar-refractivity contribution < 1.29 is 28.9 Å². The van der Waals surface area contributed by atoms with Gasteiger partial charge in [-0.25, -0.2) is 14.2 Å². The predicted molar refractivity (Wildman–Crippen MR) is 118 cm³/mol. The lowest BCUT2D eigenvalue weighted by Gasteiger charge is -2.24. The van der Waals surface area contributed by atoms with Gasteiger partial charge in [-0.3, -0.25) is 15.3 Å². The number of aliphatic carboxylic acids is 1. The van der Waals surface area contributed by atoms with Crippen LogP contribution in [-0.4, -0.2) is 56.6 Å². The van der Waals surface area contributed by atoms with E-state index in [4.69, 9.17) is 21.4 Å². The minimum absolute atomic E-state index is 0.0703. The van der Waals surface area contributed by atoms with Gasteiger partial charge in [-0.05, 0) is 36.2 Å². The first-order valence-electron chi connectivity index (χ1n) is 9.96. The van der Waals surface area contributed by atoms with Crippen molar-refractivity contribution >= 4 is 23.5 Å². The summed E-state index contributed by atoms with van der Waals surface area (Å²) in [6, 6.07) is 12.4. The van der Waals surface area contributed by atoms with Crippen LogP contribution in [0.15, 0.2) is 48.5 Å². The van der Waals surface area contributed by atoms with Crippen molar-refractivity contribution in [1.82, 2.24) is 20.6 Å². The molecule has 0 spiro atoms. The second kappa shape index (κ2) is 10.9. The number of hydrogen-bond acceptors (Lipinski definition) is 6. The van der Waals surface area contributed by atoms with Gasteiger partial charge in [0.05, 0.1) is 13.2 Å². The second-order valence-corrected chi connectivity index (χ2v) is 7.49. The van der Waals surface area contributed by atoms with Gasteiger partial charge in [0.2, 0.25) is 5.88 Å². The van der Waals surface area contributed by atoms with Crippen LogP contribution in [0.3, 0.4) is 0 Å². The summed E-state index contributed by atoms with van der Waals surface area (Å²) in [7, 11) is 0. The molecule has 0 saturated carbocycles. The van der Waals surface area contributed by atoms with E-state index in [9.17, 15) is 19.1 Å². The molecule has 33 heavy (non-hydrogen) atoms. The highest BCUT2D eigenvalue weighted by Gasteiger charge is 2.21. The molecule has 0 aliphatic rings. The fraction of sp³-hybridized carbons (Fsp3) is 0.227. The van der Waals surface area contributed by atoms with Gasteiger partial charge in [0.25, 0.3) is 5.91 Å². The number of nitrogens with one attached hydrogen (secondary N) is 2. The third-order valence-electron chi connectivity index (χ3n) is 4.60. The topological polar surface area (TPSA) is 128 Å². The van der Waals surface area contributed by atoms with Crippen molar-refractivity contribution in [3.63, 3.8) is 0 Å². The zero-order valence-corrected chi connectivity index (χ0v) is 18.3. The van der Waals surface area contributed by atoms with Crippen LogP contribution in [0.4, 0.5) is 4.39 Å². The molecule has 11 heteroatoms. The van der Waals surface area contributed by atoms with E-state index >= 15 is 0 Å². The highest BCUT2D eigenvalue weighted by atomic mass is 35.5. The van der Waals surface area contributed by atoms with Crippen molar-refractivity contribution in [3.05, 3.63) is 70.6 Å². The van der Waals surface area contributed by atoms with Gasteiger partial charge >= 0.3 is 5.97 Å². The Hall–Kier alpha value is -3.47. The SMILES string of the molecule is CCOc1cc(C(=O)NN(Cc2ccc(-c3cc(Cl)ccc3F)cc2)CC(O)C(=O)O)[nH]n1. The van der Waals surface area contributed by atoms with Gasteiger partial charge in [0, 0.05) is 23.2 Å². The van der Waals surface area contributed by atoms with Crippen LogP contribution in [0, 0.1) is 5.82 Å². The fourth-order valence-electron chi connectivity index (χ4n) is 3.01. The molecule has 1 heterocycles. The first-order chi connectivity index (χ1) is 15.8. The molecule has 1 amide bonds. The quantitative estimate of drug-likeness (QED) is 0.331. The summed E-state index contributed by atoms with van der Waals surface area (Å²) < 4.78 is 19.3. The van der Waals surface area contributed by atoms with Crippen LogP contribution in [-0.2, 0) is 11.3 Å². The fourth-order valence-corrected chi connectivity index (χ4v) is 3.18. The Morgan fingerprint density at radius 1 is 1.24 bits per heavy atom. The Labute approximate surface area is 193 Å². The lowest BCUT2D eigenvalue weighted by atomic mass is 10.0. The number of ether oxygens (including phenoxy) is 1. The molecule has 3 rings (SSSR count). The van der Waals surface area contributed by atoms with Crippen LogP contribution in [0.1, 0.15) is 23.0 Å². The molecule has 0 saturated heterocycles. The number of carboxylic acid groups (broad SMARTS) is 1. The number of H-pyrrole nitrogens is 1. The number of hydrogen-bond donors (Lipinski definition) is 4. The molecule has 0 aliphatic carbocycles. The number of carbonyl (C=O) groups is 2. The summed E-state index contributed by atoms with van der Waals surface area (Å²) in [5.41, 5.74) is 4.27. The Bertz CT molecular complexity index is 1120. The minimum atomic E-state index is -1.73. The van der Waals surface area contributed by atoms with Crippen LogP contribution >= 0.6 is 11.6 Å². The zero-order valence-electron chi connectivity index (χ0n) is 17.6. The van der Waals surface area contributed by atoms with E-state index in [2.05, 4.69) is 15.6 Å². The standard InChI is InChI=1S/C22H22ClFN4O5/c1-2-33-20-10-18(25-26-20)21(30)27-28(12-19(29)22(31)32)11-13-3-5-14(6-4-13)16-9-15(23)7-8-17(16)24/h3-10,19,29H,2,11-12H2,1H3,(H,25,26)(H,27,30)(H,31,32). The molecule has 9 nitrogen and oxygen atoms in total. The van der Waals surface area contributed by atoms with E-state index in [1.807, 2.05) is 0 Å². The average Bonchev–Trinajstić information content (AvgIpc) is 3.25. The number of rotatable bonds is 10. The number of hydrazine groups is 1. The Balaban J connectivity index is 1.75. The highest BCUT2D eigenvalue weighted by Crippen LogP contribution is 2.26. The van der Waals surface area contributed by atoms with E-state index in [1.165, 1.54) is 29.3 Å². The number of benzene rings is 2. The van der Waals surface area contributed by atoms with Gasteiger partial charge in [0.1, 0.15) is 11.5 Å². The van der Waals surface area contributed by atoms with Gasteiger partial charge in [-0.1, -0.05) is 35.9 Å². The zero-order chi connectivity index (χ0) is 24.0. The van der Waals surface area contributed by atoms with Crippen LogP contribution in [0.2, 0.25) is 5.02 Å². The number of carboxylic acids is 1. The third-order valence-corrected chi connectivity index (χ3v) is 4.83. The van der Waals surface area contributed by atoms with E-state index < -0.39 is 23.8 Å². The van der Waals surface area contributed by atoms with Gasteiger partial charge in [0.15, 0.2) is 6.10 Å². The summed E-state index contributed by atoms with van der Waals surface area (Å²) >= 11 is 5.96. The highest BCUT2D eigenvalue weighted by molar-refractivity contribution is 6.30. The van der Waals surface area contributed by atoms with E-state index in [0.717, 1.165) is 0 Å². The Morgan fingerprint density at radius 3 is 2.64 bits per heavy atom. The lowest BCUT2D eigenvalue weighted by Crippen LogP contribution is -2.47. The van der Waals surface area contributed by atoms with Crippen molar-refractivity contribution in [1.29, 1.82) is 0 Å². The van der Waals surface area contributed by atoms with E-state index in [-0.39, 0.29) is 24.7 Å². The first-order valence-corrected chi connectivity index (χ1v) is 10.3. The summed E-state index contributed by atoms with van der Waals surface area (Å²) in [6.45, 7) is 1.84. The summed E-state index contributed by atoms with van der Waals surface area (Å²) in [5.74, 6) is -2.20. The molecule has 2 aromatic carbocycles. The molecule has 174 valence electrons. The van der Waals surface area contributed by atoms with Crippen molar-refractivity contribution in [3.8, 4) is 17.0 Å². The number of aliphatic hydroxyl groups is 1. The smallest absolute Gasteiger partial charge is 0.333 e. The summed E-state index contributed by atoms with van der Waals surface area (Å²) in [4.78, 5) is 23.7. The molecular formula is C22H22ClFN4O5. The van der Waals surface area contributed by atoms with Crippen molar-refractivity contribution in [2.45, 2.75) is 19.6 Å². The maximum absolute atomic E-state index is 14.1. The number of amides is 1. The minimum Gasteiger partial charge on any atom is -0.479 e. The predicted octanol–water partition coefficient (Wildman–Crippen LogP) is 2.86. The number of aliphatic hydroxyl groups excluding tert-OH is 1. The van der Waals surface area contributed by atoms with Gasteiger partial charge in [-0.2, -0.15) is 0 Å². The molecule has 1 aromatic heterocycles. The summed E-state index contributed by atoms with van der Waals surface area (Å²) in [5, 5.41) is 26.9. The molecule has 0 fully saturated rings. The number of halogens is 2. The first kappa shape index (κ1) is 24.2. The molecular weight excluding hydrogens is 455 g/mol. The molecule has 0 aliphatic heterocycles. The molecule has 1 unspecified atom stereocenters. The maximum atomic E-state index is 14.1. The van der Waals surface area contributed by atoms with Gasteiger partial charge < -0.3 is 14.9 Å². The van der Waals surface area contributed by atoms with Crippen molar-refractivity contribution in [2.24, 2.45) is 0 Å². The van der Waals surface area contributed by atoms with Crippen molar-refractivity contribution in [2.75, 3.05) is 13.2 Å². The normalized spacial score (nSPS) is 11.9. The third kappa shape index (κ3) is 6.51. The van der Waals surface area contributed by atoms with Crippen LogP contribution in [0.25, 0.3) is 11.1 Å². The van der Waals surface area contributed by atoms with E-state index in [1.54, 1.807) is 31.2 Å². The maximum Gasteiger partial charge on any atom is 0.333 e. The van der Waals surface area contributed by atoms with Crippen LogP contribution in [0.5, 0.6) is 5.88 Å². The molecule has 0 bridgehead atoms. The van der Waals surface area contributed by atoms with Gasteiger partial charge in [-0.15, -0.1) is 5.10 Å². The number of aromatic amines is 1. The molecule has 1 atom stereocenters. The van der Waals surface area contributed by atoms with E-state index in [0.29, 0.717) is 28.3 Å². The number of carbonyl (C=O) groups excluding carboxylic acids is 1. The van der Waals surface area contributed by atoms with Crippen LogP contribution < -0.4 is 10.2 Å². The summed E-state index contributed by atoms with van der Waals surface area (Å²) in [6.07, 6.45) is -1.73. The average molecular weight is 477 g/mol. The Morgan fingerprint density at radius 2 is 1.97 bits per heavy atom. The molecule has 4 N–H and O–H groups in total. The largest absolute Gasteiger partial charge is 0.479 e. The monoisotopic (exact) mass is 476 g/mol. The number of nitrogens with zero attached hydrogens (tertiary/aromatic N) is 2. The Kier molecular flexibility index (Phi) is 7.99. The molecule has 0 radical (unpaired) electrons. The molecule has 3 aromatic rings.